The fourth-order valence-corrected chi connectivity index (χ4v) is 3.19. The van der Waals surface area contributed by atoms with Gasteiger partial charge >= 0.3 is 0 Å². The van der Waals surface area contributed by atoms with Crippen LogP contribution in [0.5, 0.6) is 0 Å². The number of nitrogens with one attached hydrogen (secondary N) is 1. The van der Waals surface area contributed by atoms with Gasteiger partial charge in [0.1, 0.15) is 11.3 Å². The number of benzene rings is 1. The van der Waals surface area contributed by atoms with Gasteiger partial charge in [0.2, 0.25) is 0 Å². The van der Waals surface area contributed by atoms with E-state index in [0.717, 1.165) is 36.3 Å². The highest BCUT2D eigenvalue weighted by molar-refractivity contribution is 5.94. The predicted octanol–water partition coefficient (Wildman–Crippen LogP) is 2.74. The van der Waals surface area contributed by atoms with Crippen LogP contribution in [0.4, 0.5) is 5.82 Å². The second-order valence-corrected chi connectivity index (χ2v) is 6.20. The number of piperidine rings is 1. The molecular weight excluding hydrogens is 314 g/mol. The van der Waals surface area contributed by atoms with Crippen LogP contribution in [0, 0.1) is 0 Å². The van der Waals surface area contributed by atoms with E-state index in [9.17, 15) is 4.79 Å². The smallest absolute Gasteiger partial charge is 0.253 e. The van der Waals surface area contributed by atoms with Gasteiger partial charge in [-0.25, -0.2) is 9.97 Å². The molecule has 126 valence electrons. The van der Waals surface area contributed by atoms with Crippen LogP contribution in [0.25, 0.3) is 11.2 Å². The highest BCUT2D eigenvalue weighted by Crippen LogP contribution is 2.18. The SMILES string of the molecule is O=C(c1ccccc1)N1CCC[C@H](Nc2ccc3nccnc3n2)C1. The molecule has 1 aromatic carbocycles. The Morgan fingerprint density at radius 2 is 1.92 bits per heavy atom. The van der Waals surface area contributed by atoms with Gasteiger partial charge < -0.3 is 10.2 Å². The number of aromatic nitrogens is 3. The molecule has 3 aromatic rings. The number of nitrogens with zero attached hydrogens (tertiary/aromatic N) is 4. The molecule has 0 unspecified atom stereocenters. The predicted molar refractivity (Wildman–Crippen MR) is 96.3 cm³/mol. The molecule has 3 heterocycles. The Hall–Kier alpha value is -3.02. The van der Waals surface area contributed by atoms with E-state index in [1.165, 1.54) is 0 Å². The Labute approximate surface area is 145 Å². The second kappa shape index (κ2) is 6.84. The topological polar surface area (TPSA) is 71.0 Å². The summed E-state index contributed by atoms with van der Waals surface area (Å²) in [6, 6.07) is 13.4. The van der Waals surface area contributed by atoms with Crippen LogP contribution < -0.4 is 5.32 Å². The molecular formula is C19H19N5O. The number of rotatable bonds is 3. The summed E-state index contributed by atoms with van der Waals surface area (Å²) >= 11 is 0. The molecule has 1 aliphatic rings. The molecule has 25 heavy (non-hydrogen) atoms. The van der Waals surface area contributed by atoms with Crippen molar-refractivity contribution < 1.29 is 4.79 Å². The summed E-state index contributed by atoms with van der Waals surface area (Å²) in [6.07, 6.45) is 5.29. The lowest BCUT2D eigenvalue weighted by Crippen LogP contribution is -2.45. The van der Waals surface area contributed by atoms with Gasteiger partial charge in [0.05, 0.1) is 0 Å². The molecule has 6 heteroatoms. The van der Waals surface area contributed by atoms with Crippen LogP contribution in [0.3, 0.4) is 0 Å². The highest BCUT2D eigenvalue weighted by Gasteiger charge is 2.24. The van der Waals surface area contributed by atoms with E-state index >= 15 is 0 Å². The molecule has 6 nitrogen and oxygen atoms in total. The molecule has 0 bridgehead atoms. The van der Waals surface area contributed by atoms with Crippen molar-refractivity contribution in [2.45, 2.75) is 18.9 Å². The second-order valence-electron chi connectivity index (χ2n) is 6.20. The molecule has 0 radical (unpaired) electrons. The largest absolute Gasteiger partial charge is 0.365 e. The summed E-state index contributed by atoms with van der Waals surface area (Å²) in [7, 11) is 0. The van der Waals surface area contributed by atoms with Gasteiger partial charge in [0.25, 0.3) is 5.91 Å². The Morgan fingerprint density at radius 3 is 2.80 bits per heavy atom. The molecule has 4 rings (SSSR count). The van der Waals surface area contributed by atoms with E-state index in [1.54, 1.807) is 12.4 Å². The lowest BCUT2D eigenvalue weighted by molar-refractivity contribution is 0.0714. The number of likely N-dealkylation sites (tertiary alicyclic amines) is 1. The molecule has 0 spiro atoms. The van der Waals surface area contributed by atoms with Crippen molar-refractivity contribution in [2.75, 3.05) is 18.4 Å². The van der Waals surface area contributed by atoms with E-state index < -0.39 is 0 Å². The maximum atomic E-state index is 12.6. The number of carbonyl (C=O) groups is 1. The minimum Gasteiger partial charge on any atom is -0.365 e. The van der Waals surface area contributed by atoms with Crippen molar-refractivity contribution in [3.63, 3.8) is 0 Å². The minimum absolute atomic E-state index is 0.0874. The van der Waals surface area contributed by atoms with Crippen molar-refractivity contribution in [3.8, 4) is 0 Å². The van der Waals surface area contributed by atoms with Gasteiger partial charge in [-0.3, -0.25) is 9.78 Å². The standard InChI is InChI=1S/C19H19N5O/c25-19(14-5-2-1-3-6-14)24-12-4-7-15(13-24)22-17-9-8-16-18(23-17)21-11-10-20-16/h1-3,5-6,8-11,15H,4,7,12-13H2,(H,21,22,23)/t15-/m0/s1. The summed E-state index contributed by atoms with van der Waals surface area (Å²) in [5.74, 6) is 0.858. The third-order valence-corrected chi connectivity index (χ3v) is 4.41. The Balaban J connectivity index is 1.46. The number of fused-ring (bicyclic) bond motifs is 1. The molecule has 1 atom stereocenters. The molecule has 0 aliphatic carbocycles. The maximum absolute atomic E-state index is 12.6. The van der Waals surface area contributed by atoms with Crippen molar-refractivity contribution in [3.05, 3.63) is 60.4 Å². The monoisotopic (exact) mass is 333 g/mol. The van der Waals surface area contributed by atoms with E-state index in [2.05, 4.69) is 20.3 Å². The quantitative estimate of drug-likeness (QED) is 0.798. The Bertz CT molecular complexity index is 883. The first-order valence-corrected chi connectivity index (χ1v) is 8.48. The van der Waals surface area contributed by atoms with Crippen LogP contribution >= 0.6 is 0 Å². The van der Waals surface area contributed by atoms with Crippen LogP contribution in [0.1, 0.15) is 23.2 Å². The first kappa shape index (κ1) is 15.5. The zero-order chi connectivity index (χ0) is 17.1. The number of anilines is 1. The van der Waals surface area contributed by atoms with Crippen molar-refractivity contribution in [1.29, 1.82) is 0 Å². The number of amides is 1. The van der Waals surface area contributed by atoms with E-state index in [4.69, 9.17) is 0 Å². The summed E-state index contributed by atoms with van der Waals surface area (Å²) in [6.45, 7) is 1.47. The van der Waals surface area contributed by atoms with Gasteiger partial charge in [-0.15, -0.1) is 0 Å². The number of carbonyl (C=O) groups excluding carboxylic acids is 1. The molecule has 2 aromatic heterocycles. The fourth-order valence-electron chi connectivity index (χ4n) is 3.19. The molecule has 1 aliphatic heterocycles. The first-order valence-electron chi connectivity index (χ1n) is 8.48. The minimum atomic E-state index is 0.0874. The van der Waals surface area contributed by atoms with E-state index in [0.29, 0.717) is 12.2 Å². The van der Waals surface area contributed by atoms with Gasteiger partial charge in [-0.05, 0) is 37.1 Å². The number of hydrogen-bond acceptors (Lipinski definition) is 5. The maximum Gasteiger partial charge on any atom is 0.253 e. The van der Waals surface area contributed by atoms with Gasteiger partial charge in [-0.2, -0.15) is 0 Å². The van der Waals surface area contributed by atoms with Gasteiger partial charge in [0.15, 0.2) is 5.65 Å². The van der Waals surface area contributed by atoms with E-state index in [1.807, 2.05) is 47.4 Å². The Kier molecular flexibility index (Phi) is 4.24. The lowest BCUT2D eigenvalue weighted by Gasteiger charge is -2.33. The summed E-state index contributed by atoms with van der Waals surface area (Å²) in [5.41, 5.74) is 2.14. The molecule has 1 amide bonds. The fraction of sp³-hybridized carbons (Fsp3) is 0.263. The van der Waals surface area contributed by atoms with Crippen molar-refractivity contribution >= 4 is 22.9 Å². The van der Waals surface area contributed by atoms with Gasteiger partial charge in [-0.1, -0.05) is 18.2 Å². The average molecular weight is 333 g/mol. The van der Waals surface area contributed by atoms with Crippen LogP contribution in [-0.4, -0.2) is 44.9 Å². The summed E-state index contributed by atoms with van der Waals surface area (Å²) in [5, 5.41) is 3.44. The normalized spacial score (nSPS) is 17.4. The van der Waals surface area contributed by atoms with Gasteiger partial charge in [0, 0.05) is 37.1 Å². The third-order valence-electron chi connectivity index (χ3n) is 4.41. The number of pyridine rings is 1. The molecule has 1 saturated heterocycles. The molecule has 1 N–H and O–H groups in total. The summed E-state index contributed by atoms with van der Waals surface area (Å²) < 4.78 is 0. The van der Waals surface area contributed by atoms with Crippen LogP contribution in [0.2, 0.25) is 0 Å². The van der Waals surface area contributed by atoms with Crippen LogP contribution in [0.15, 0.2) is 54.9 Å². The number of hydrogen-bond donors (Lipinski definition) is 1. The Morgan fingerprint density at radius 1 is 1.08 bits per heavy atom. The molecule has 1 fully saturated rings. The lowest BCUT2D eigenvalue weighted by atomic mass is 10.0. The van der Waals surface area contributed by atoms with Crippen LogP contribution in [-0.2, 0) is 0 Å². The third kappa shape index (κ3) is 3.42. The zero-order valence-corrected chi connectivity index (χ0v) is 13.8. The summed E-state index contributed by atoms with van der Waals surface area (Å²) in [4.78, 5) is 27.5. The zero-order valence-electron chi connectivity index (χ0n) is 13.8. The van der Waals surface area contributed by atoms with E-state index in [-0.39, 0.29) is 11.9 Å². The molecule has 0 saturated carbocycles. The van der Waals surface area contributed by atoms with Crippen molar-refractivity contribution in [1.82, 2.24) is 19.9 Å². The first-order chi connectivity index (χ1) is 12.3. The highest BCUT2D eigenvalue weighted by atomic mass is 16.2. The van der Waals surface area contributed by atoms with Crippen molar-refractivity contribution in [2.24, 2.45) is 0 Å². The average Bonchev–Trinajstić information content (AvgIpc) is 2.68.